The van der Waals surface area contributed by atoms with Gasteiger partial charge in [0.05, 0.1) is 0 Å². The van der Waals surface area contributed by atoms with Crippen LogP contribution in [0, 0.1) is 0 Å². The Morgan fingerprint density at radius 2 is 2.11 bits per heavy atom. The van der Waals surface area contributed by atoms with Crippen molar-refractivity contribution in [3.63, 3.8) is 0 Å². The van der Waals surface area contributed by atoms with Crippen molar-refractivity contribution in [2.45, 2.75) is 26.4 Å². The lowest BCUT2D eigenvalue weighted by molar-refractivity contribution is -0.422. The SMILES string of the molecule is CCl.CCn1nc(-n2ncnc2C(C)[NH3+])ccc1=O. The van der Waals surface area contributed by atoms with Crippen molar-refractivity contribution in [1.82, 2.24) is 24.5 Å². The molecule has 0 aromatic carbocycles. The standard InChI is InChI=1S/C10H14N6O.CH3Cl/c1-3-15-9(17)5-4-8(14-15)16-10(7(2)11)12-6-13-16;1-2/h4-7H,3,11H2,1-2H3;1H3/p+1. The van der Waals surface area contributed by atoms with Gasteiger partial charge in [0.2, 0.25) is 0 Å². The van der Waals surface area contributed by atoms with Gasteiger partial charge in [0.1, 0.15) is 12.4 Å². The summed E-state index contributed by atoms with van der Waals surface area (Å²) >= 11 is 4.64. The predicted octanol–water partition coefficient (Wildman–Crippen LogP) is 0.00180. The molecule has 0 amide bonds. The molecular weight excluding hydrogens is 268 g/mol. The third-order valence-electron chi connectivity index (χ3n) is 2.38. The topological polar surface area (TPSA) is 93.2 Å². The van der Waals surface area contributed by atoms with E-state index in [1.807, 2.05) is 13.8 Å². The van der Waals surface area contributed by atoms with E-state index in [0.29, 0.717) is 12.4 Å². The minimum Gasteiger partial charge on any atom is -0.349 e. The van der Waals surface area contributed by atoms with Crippen molar-refractivity contribution in [3.8, 4) is 5.82 Å². The lowest BCUT2D eigenvalue weighted by atomic mass is 10.3. The highest BCUT2D eigenvalue weighted by molar-refractivity contribution is 6.15. The van der Waals surface area contributed by atoms with Crippen LogP contribution in [0.4, 0.5) is 0 Å². The lowest BCUT2D eigenvalue weighted by Gasteiger charge is -2.07. The van der Waals surface area contributed by atoms with E-state index in [0.717, 1.165) is 5.82 Å². The normalized spacial score (nSPS) is 11.6. The van der Waals surface area contributed by atoms with Crippen LogP contribution in [0.3, 0.4) is 0 Å². The fourth-order valence-electron chi connectivity index (χ4n) is 1.54. The van der Waals surface area contributed by atoms with Crippen LogP contribution >= 0.6 is 11.6 Å². The quantitative estimate of drug-likeness (QED) is 0.804. The summed E-state index contributed by atoms with van der Waals surface area (Å²) in [6.07, 6.45) is 2.93. The van der Waals surface area contributed by atoms with E-state index >= 15 is 0 Å². The second-order valence-corrected chi connectivity index (χ2v) is 3.78. The van der Waals surface area contributed by atoms with Gasteiger partial charge in [0.25, 0.3) is 5.56 Å². The van der Waals surface area contributed by atoms with E-state index in [1.54, 1.807) is 10.7 Å². The molecular formula is C11H18ClN6O+. The average Bonchev–Trinajstić information content (AvgIpc) is 2.91. The maximum Gasteiger partial charge on any atom is 0.266 e. The molecule has 7 nitrogen and oxygen atoms in total. The van der Waals surface area contributed by atoms with Crippen molar-refractivity contribution in [2.75, 3.05) is 6.38 Å². The predicted molar refractivity (Wildman–Crippen MR) is 72.2 cm³/mol. The van der Waals surface area contributed by atoms with Gasteiger partial charge in [-0.15, -0.1) is 16.7 Å². The fraction of sp³-hybridized carbons (Fsp3) is 0.455. The largest absolute Gasteiger partial charge is 0.349 e. The van der Waals surface area contributed by atoms with Crippen molar-refractivity contribution >= 4 is 11.6 Å². The molecule has 2 rings (SSSR count). The van der Waals surface area contributed by atoms with Crippen LogP contribution in [-0.2, 0) is 6.54 Å². The highest BCUT2D eigenvalue weighted by Gasteiger charge is 2.14. The van der Waals surface area contributed by atoms with Gasteiger partial charge in [-0.3, -0.25) is 4.79 Å². The molecule has 3 N–H and O–H groups in total. The first kappa shape index (κ1) is 15.3. The molecule has 2 aromatic rings. The average molecular weight is 286 g/mol. The summed E-state index contributed by atoms with van der Waals surface area (Å²) in [5.74, 6) is 1.30. The van der Waals surface area contributed by atoms with Gasteiger partial charge in [-0.1, -0.05) is 0 Å². The van der Waals surface area contributed by atoms with Gasteiger partial charge >= 0.3 is 0 Å². The number of alkyl halides is 1. The van der Waals surface area contributed by atoms with E-state index in [2.05, 4.69) is 32.5 Å². The van der Waals surface area contributed by atoms with Crippen molar-refractivity contribution < 1.29 is 5.73 Å². The van der Waals surface area contributed by atoms with Gasteiger partial charge < -0.3 is 5.73 Å². The number of halogens is 1. The zero-order valence-corrected chi connectivity index (χ0v) is 12.0. The third-order valence-corrected chi connectivity index (χ3v) is 2.38. The van der Waals surface area contributed by atoms with Gasteiger partial charge in [0, 0.05) is 19.0 Å². The van der Waals surface area contributed by atoms with Crippen LogP contribution in [0.5, 0.6) is 0 Å². The molecule has 0 bridgehead atoms. The molecule has 0 aliphatic rings. The Morgan fingerprint density at radius 1 is 1.42 bits per heavy atom. The Hall–Kier alpha value is -1.73. The first-order valence-corrected chi connectivity index (χ1v) is 6.58. The van der Waals surface area contributed by atoms with Gasteiger partial charge in [0.15, 0.2) is 11.6 Å². The van der Waals surface area contributed by atoms with Gasteiger partial charge in [-0.2, -0.15) is 9.78 Å². The Labute approximate surface area is 116 Å². The van der Waals surface area contributed by atoms with Crippen molar-refractivity contribution in [1.29, 1.82) is 0 Å². The van der Waals surface area contributed by atoms with Crippen LogP contribution in [0.15, 0.2) is 23.3 Å². The monoisotopic (exact) mass is 285 g/mol. The highest BCUT2D eigenvalue weighted by atomic mass is 35.5. The summed E-state index contributed by atoms with van der Waals surface area (Å²) in [6, 6.07) is 3.11. The molecule has 104 valence electrons. The van der Waals surface area contributed by atoms with E-state index in [9.17, 15) is 4.79 Å². The zero-order chi connectivity index (χ0) is 14.4. The van der Waals surface area contributed by atoms with E-state index in [4.69, 9.17) is 0 Å². The first-order chi connectivity index (χ1) is 9.13. The molecule has 0 saturated heterocycles. The maximum absolute atomic E-state index is 11.4. The Morgan fingerprint density at radius 3 is 2.68 bits per heavy atom. The Kier molecular flexibility index (Phi) is 5.65. The Bertz CT molecular complexity index is 577. The number of hydrogen-bond donors (Lipinski definition) is 1. The smallest absolute Gasteiger partial charge is 0.266 e. The van der Waals surface area contributed by atoms with Crippen LogP contribution in [0.2, 0.25) is 0 Å². The summed E-state index contributed by atoms with van der Waals surface area (Å²) < 4.78 is 2.98. The minimum absolute atomic E-state index is 0.00121. The second-order valence-electron chi connectivity index (χ2n) is 3.78. The number of aromatic nitrogens is 5. The molecule has 1 atom stereocenters. The molecule has 2 heterocycles. The molecule has 8 heteroatoms. The summed E-state index contributed by atoms with van der Waals surface area (Å²) in [7, 11) is 0. The maximum atomic E-state index is 11.4. The Balaban J connectivity index is 0.000000861. The molecule has 0 aliphatic heterocycles. The lowest BCUT2D eigenvalue weighted by Crippen LogP contribution is -2.52. The summed E-state index contributed by atoms with van der Waals surface area (Å²) in [4.78, 5) is 15.6. The highest BCUT2D eigenvalue weighted by Crippen LogP contribution is 2.08. The zero-order valence-electron chi connectivity index (χ0n) is 11.2. The number of rotatable bonds is 3. The summed E-state index contributed by atoms with van der Waals surface area (Å²) in [5, 5.41) is 8.31. The number of hydrogen-bond acceptors (Lipinski definition) is 4. The molecule has 2 aromatic heterocycles. The molecule has 0 radical (unpaired) electrons. The fourth-order valence-corrected chi connectivity index (χ4v) is 1.54. The van der Waals surface area contributed by atoms with Crippen LogP contribution in [0.25, 0.3) is 5.82 Å². The van der Waals surface area contributed by atoms with Crippen LogP contribution < -0.4 is 11.3 Å². The van der Waals surface area contributed by atoms with Crippen molar-refractivity contribution in [3.05, 3.63) is 34.6 Å². The number of quaternary nitrogens is 1. The third kappa shape index (κ3) is 3.39. The van der Waals surface area contributed by atoms with Gasteiger partial charge in [-0.25, -0.2) is 9.67 Å². The minimum atomic E-state index is -0.124. The van der Waals surface area contributed by atoms with Crippen LogP contribution in [0.1, 0.15) is 25.7 Å². The van der Waals surface area contributed by atoms with E-state index in [-0.39, 0.29) is 11.6 Å². The first-order valence-electron chi connectivity index (χ1n) is 5.82. The van der Waals surface area contributed by atoms with Gasteiger partial charge in [-0.05, 0) is 19.9 Å². The molecule has 0 aliphatic carbocycles. The molecule has 0 spiro atoms. The van der Waals surface area contributed by atoms with Crippen LogP contribution in [-0.4, -0.2) is 30.9 Å². The number of nitrogens with zero attached hydrogens (tertiary/aromatic N) is 5. The van der Waals surface area contributed by atoms with E-state index in [1.165, 1.54) is 23.5 Å². The molecule has 1 unspecified atom stereocenters. The van der Waals surface area contributed by atoms with E-state index < -0.39 is 0 Å². The molecule has 19 heavy (non-hydrogen) atoms. The number of aryl methyl sites for hydroxylation is 1. The summed E-state index contributed by atoms with van der Waals surface area (Å²) in [6.45, 7) is 4.32. The van der Waals surface area contributed by atoms with Crippen molar-refractivity contribution in [2.24, 2.45) is 0 Å². The molecule has 0 fully saturated rings. The second kappa shape index (κ2) is 7.01. The summed E-state index contributed by atoms with van der Waals surface area (Å²) in [5.41, 5.74) is 3.78. The molecule has 0 saturated carbocycles.